The van der Waals surface area contributed by atoms with Gasteiger partial charge in [-0.2, -0.15) is 0 Å². The number of aliphatic hydroxyl groups is 1. The number of hydrogen-bond acceptors (Lipinski definition) is 3. The second-order valence-corrected chi connectivity index (χ2v) is 4.37. The van der Waals surface area contributed by atoms with Crippen LogP contribution in [0.1, 0.15) is 12.0 Å². The lowest BCUT2D eigenvalue weighted by atomic mass is 9.99. The van der Waals surface area contributed by atoms with E-state index in [1.807, 2.05) is 18.2 Å². The first-order valence-corrected chi connectivity index (χ1v) is 5.82. The lowest BCUT2D eigenvalue weighted by Gasteiger charge is -2.23. The molecule has 0 bridgehead atoms. The van der Waals surface area contributed by atoms with Crippen LogP contribution in [-0.4, -0.2) is 31.0 Å². The zero-order valence-corrected chi connectivity index (χ0v) is 9.65. The van der Waals surface area contributed by atoms with Gasteiger partial charge in [-0.25, -0.2) is 0 Å². The molecule has 1 fully saturated rings. The quantitative estimate of drug-likeness (QED) is 0.814. The van der Waals surface area contributed by atoms with E-state index >= 15 is 0 Å². The van der Waals surface area contributed by atoms with Crippen molar-refractivity contribution in [2.75, 3.05) is 25.1 Å². The average Bonchev–Trinajstić information content (AvgIpc) is 2.81. The maximum atomic E-state index is 9.42. The number of anilines is 1. The van der Waals surface area contributed by atoms with Crippen LogP contribution < -0.4 is 5.32 Å². The summed E-state index contributed by atoms with van der Waals surface area (Å²) >= 11 is 0. The molecule has 1 aromatic rings. The fraction of sp³-hybridized carbons (Fsp3) is 0.538. The Morgan fingerprint density at radius 1 is 1.50 bits per heavy atom. The van der Waals surface area contributed by atoms with E-state index in [0.717, 1.165) is 25.3 Å². The lowest BCUT2D eigenvalue weighted by Crippen LogP contribution is -2.33. The molecular formula is C13H19NO2. The fourth-order valence-corrected chi connectivity index (χ4v) is 2.12. The minimum absolute atomic E-state index is 0.101. The molecule has 0 aliphatic carbocycles. The first kappa shape index (κ1) is 11.4. The number of aryl methyl sites for hydroxylation is 1. The van der Waals surface area contributed by atoms with Crippen molar-refractivity contribution in [3.63, 3.8) is 0 Å². The highest BCUT2D eigenvalue weighted by Gasteiger charge is 2.25. The number of hydrogen-bond donors (Lipinski definition) is 2. The fourth-order valence-electron chi connectivity index (χ4n) is 2.12. The molecule has 88 valence electrons. The molecule has 2 unspecified atom stereocenters. The Kier molecular flexibility index (Phi) is 3.80. The average molecular weight is 221 g/mol. The van der Waals surface area contributed by atoms with Crippen LogP contribution in [0, 0.1) is 12.8 Å². The Morgan fingerprint density at radius 3 is 2.94 bits per heavy atom. The molecule has 2 rings (SSSR count). The van der Waals surface area contributed by atoms with E-state index < -0.39 is 0 Å². The van der Waals surface area contributed by atoms with Crippen molar-refractivity contribution < 1.29 is 9.84 Å². The molecule has 0 aromatic heterocycles. The Labute approximate surface area is 96.4 Å². The second kappa shape index (κ2) is 5.32. The molecule has 3 nitrogen and oxygen atoms in total. The predicted octanol–water partition coefficient (Wildman–Crippen LogP) is 1.80. The number of aliphatic hydroxyl groups excluding tert-OH is 1. The molecule has 16 heavy (non-hydrogen) atoms. The van der Waals surface area contributed by atoms with Gasteiger partial charge in [0.2, 0.25) is 0 Å². The number of benzene rings is 1. The van der Waals surface area contributed by atoms with E-state index in [0.29, 0.717) is 5.92 Å². The summed E-state index contributed by atoms with van der Waals surface area (Å²) < 4.78 is 5.36. The molecule has 2 N–H and O–H groups in total. The van der Waals surface area contributed by atoms with Gasteiger partial charge < -0.3 is 15.2 Å². The summed E-state index contributed by atoms with van der Waals surface area (Å²) in [5.74, 6) is 0.421. The Morgan fingerprint density at radius 2 is 2.31 bits per heavy atom. The predicted molar refractivity (Wildman–Crippen MR) is 64.6 cm³/mol. The first-order valence-electron chi connectivity index (χ1n) is 5.82. The molecule has 3 heteroatoms. The van der Waals surface area contributed by atoms with Crippen molar-refractivity contribution >= 4 is 5.69 Å². The molecule has 0 spiro atoms. The van der Waals surface area contributed by atoms with E-state index in [9.17, 15) is 5.11 Å². The summed E-state index contributed by atoms with van der Waals surface area (Å²) in [6.07, 6.45) is 1.03. The molecular weight excluding hydrogens is 202 g/mol. The Balaban J connectivity index is 2.03. The zero-order chi connectivity index (χ0) is 11.4. The summed E-state index contributed by atoms with van der Waals surface area (Å²) in [6, 6.07) is 8.25. The van der Waals surface area contributed by atoms with Crippen molar-refractivity contribution in [2.24, 2.45) is 5.92 Å². The monoisotopic (exact) mass is 221 g/mol. The molecule has 1 aliphatic heterocycles. The zero-order valence-electron chi connectivity index (χ0n) is 9.65. The van der Waals surface area contributed by atoms with E-state index in [1.165, 1.54) is 5.56 Å². The van der Waals surface area contributed by atoms with Gasteiger partial charge in [0.05, 0.1) is 19.3 Å². The number of nitrogens with one attached hydrogen (secondary N) is 1. The van der Waals surface area contributed by atoms with Crippen LogP contribution in [0.25, 0.3) is 0 Å². The number of rotatable bonds is 4. The van der Waals surface area contributed by atoms with Crippen molar-refractivity contribution in [2.45, 2.75) is 19.4 Å². The molecule has 1 aromatic carbocycles. The number of para-hydroxylation sites is 1. The standard InChI is InChI=1S/C13H19NO2/c1-10-4-2-3-5-12(10)14-13(8-15)11-6-7-16-9-11/h2-5,11,13-15H,6-9H2,1H3. The minimum Gasteiger partial charge on any atom is -0.394 e. The largest absolute Gasteiger partial charge is 0.394 e. The third-order valence-electron chi connectivity index (χ3n) is 3.22. The highest BCUT2D eigenvalue weighted by molar-refractivity contribution is 5.51. The van der Waals surface area contributed by atoms with Crippen LogP contribution in [0.5, 0.6) is 0 Å². The topological polar surface area (TPSA) is 41.5 Å². The number of ether oxygens (including phenoxy) is 1. The molecule has 1 heterocycles. The van der Waals surface area contributed by atoms with Gasteiger partial charge in [-0.3, -0.25) is 0 Å². The molecule has 1 saturated heterocycles. The van der Waals surface area contributed by atoms with Crippen molar-refractivity contribution in [1.82, 2.24) is 0 Å². The van der Waals surface area contributed by atoms with E-state index in [1.54, 1.807) is 0 Å². The van der Waals surface area contributed by atoms with Gasteiger partial charge in [0.1, 0.15) is 0 Å². The molecule has 0 amide bonds. The first-order chi connectivity index (χ1) is 7.81. The highest BCUT2D eigenvalue weighted by atomic mass is 16.5. The van der Waals surface area contributed by atoms with Crippen molar-refractivity contribution in [3.8, 4) is 0 Å². The summed E-state index contributed by atoms with van der Waals surface area (Å²) in [7, 11) is 0. The Hall–Kier alpha value is -1.06. The Bertz CT molecular complexity index is 334. The van der Waals surface area contributed by atoms with Gasteiger partial charge in [0.15, 0.2) is 0 Å². The van der Waals surface area contributed by atoms with Crippen molar-refractivity contribution in [3.05, 3.63) is 29.8 Å². The molecule has 0 saturated carbocycles. The molecule has 0 radical (unpaired) electrons. The van der Waals surface area contributed by atoms with Crippen molar-refractivity contribution in [1.29, 1.82) is 0 Å². The third-order valence-corrected chi connectivity index (χ3v) is 3.22. The maximum absolute atomic E-state index is 9.42. The normalized spacial score (nSPS) is 22.0. The van der Waals surface area contributed by atoms with Gasteiger partial charge in [-0.05, 0) is 25.0 Å². The van der Waals surface area contributed by atoms with Gasteiger partial charge in [0.25, 0.3) is 0 Å². The second-order valence-electron chi connectivity index (χ2n) is 4.37. The summed E-state index contributed by atoms with van der Waals surface area (Å²) in [5.41, 5.74) is 2.31. The van der Waals surface area contributed by atoms with Gasteiger partial charge >= 0.3 is 0 Å². The summed E-state index contributed by atoms with van der Waals surface area (Å²) in [4.78, 5) is 0. The van der Waals surface area contributed by atoms with Crippen LogP contribution in [0.15, 0.2) is 24.3 Å². The summed E-state index contributed by atoms with van der Waals surface area (Å²) in [5, 5.41) is 12.8. The maximum Gasteiger partial charge on any atom is 0.0636 e. The summed E-state index contributed by atoms with van der Waals surface area (Å²) in [6.45, 7) is 3.80. The van der Waals surface area contributed by atoms with Gasteiger partial charge in [-0.1, -0.05) is 18.2 Å². The van der Waals surface area contributed by atoms with E-state index in [2.05, 4.69) is 18.3 Å². The van der Waals surface area contributed by atoms with Gasteiger partial charge in [0, 0.05) is 18.2 Å². The van der Waals surface area contributed by atoms with Crippen LogP contribution in [0.4, 0.5) is 5.69 Å². The lowest BCUT2D eigenvalue weighted by molar-refractivity contribution is 0.170. The highest BCUT2D eigenvalue weighted by Crippen LogP contribution is 2.22. The minimum atomic E-state index is 0.101. The van der Waals surface area contributed by atoms with Crippen LogP contribution in [0.2, 0.25) is 0 Å². The molecule has 2 atom stereocenters. The van der Waals surface area contributed by atoms with E-state index in [-0.39, 0.29) is 12.6 Å². The smallest absolute Gasteiger partial charge is 0.0636 e. The van der Waals surface area contributed by atoms with Crippen LogP contribution in [-0.2, 0) is 4.74 Å². The van der Waals surface area contributed by atoms with Gasteiger partial charge in [-0.15, -0.1) is 0 Å². The van der Waals surface area contributed by atoms with Crippen LogP contribution >= 0.6 is 0 Å². The van der Waals surface area contributed by atoms with Crippen LogP contribution in [0.3, 0.4) is 0 Å². The third kappa shape index (κ3) is 2.54. The molecule has 1 aliphatic rings. The SMILES string of the molecule is Cc1ccccc1NC(CO)C1CCOC1. The van der Waals surface area contributed by atoms with E-state index in [4.69, 9.17) is 4.74 Å².